The van der Waals surface area contributed by atoms with Crippen LogP contribution >= 0.6 is 0 Å². The molecular weight excluding hydrogens is 440 g/mol. The molecule has 0 unspecified atom stereocenters. The van der Waals surface area contributed by atoms with E-state index in [1.54, 1.807) is 0 Å². The molecule has 4 rings (SSSR count). The van der Waals surface area contributed by atoms with E-state index in [9.17, 15) is 45.6 Å². The summed E-state index contributed by atoms with van der Waals surface area (Å²) >= 11 is 0. The van der Waals surface area contributed by atoms with Crippen LogP contribution in [0, 0.1) is 0 Å². The van der Waals surface area contributed by atoms with Crippen molar-refractivity contribution >= 4 is 11.0 Å². The van der Waals surface area contributed by atoms with Gasteiger partial charge in [0.1, 0.15) is 52.6 Å². The van der Waals surface area contributed by atoms with Crippen molar-refractivity contribution < 1.29 is 50.0 Å². The van der Waals surface area contributed by atoms with Crippen LogP contribution in [0.3, 0.4) is 0 Å². The highest BCUT2D eigenvalue weighted by Gasteiger charge is 2.43. The van der Waals surface area contributed by atoms with Crippen LogP contribution in [0.4, 0.5) is 0 Å². The molecule has 1 aliphatic heterocycles. The molecule has 2 heterocycles. The summed E-state index contributed by atoms with van der Waals surface area (Å²) in [5.41, 5.74) is -0.745. The van der Waals surface area contributed by atoms with Crippen molar-refractivity contribution in [2.45, 2.75) is 36.9 Å². The van der Waals surface area contributed by atoms with Crippen LogP contribution in [0.5, 0.6) is 23.0 Å². The van der Waals surface area contributed by atoms with Crippen LogP contribution in [0.15, 0.2) is 39.5 Å². The van der Waals surface area contributed by atoms with E-state index in [4.69, 9.17) is 9.15 Å². The van der Waals surface area contributed by atoms with Gasteiger partial charge in [0.05, 0.1) is 12.7 Å². The Hall–Kier alpha value is -3.35. The van der Waals surface area contributed by atoms with Gasteiger partial charge in [0.15, 0.2) is 16.9 Å². The molecule has 11 nitrogen and oxygen atoms in total. The fourth-order valence-electron chi connectivity index (χ4n) is 3.92. The summed E-state index contributed by atoms with van der Waals surface area (Å²) in [7, 11) is 0. The minimum atomic E-state index is -1.64. The molecule has 3 aromatic rings. The smallest absolute Gasteiger partial charge is 0.197 e. The van der Waals surface area contributed by atoms with Crippen LogP contribution in [0.1, 0.15) is 5.56 Å². The summed E-state index contributed by atoms with van der Waals surface area (Å²) in [6.45, 7) is -0.646. The number of aliphatic hydroxyl groups is 4. The first-order valence-corrected chi connectivity index (χ1v) is 9.97. The van der Waals surface area contributed by atoms with Gasteiger partial charge in [-0.05, 0) is 18.2 Å². The monoisotopic (exact) mass is 462 g/mol. The van der Waals surface area contributed by atoms with Crippen LogP contribution < -0.4 is 5.43 Å². The number of phenolic OH excluding ortho intramolecular Hbond substituents is 4. The number of benzene rings is 2. The average molecular weight is 462 g/mol. The molecule has 2 aromatic carbocycles. The third kappa shape index (κ3) is 3.96. The fourth-order valence-corrected chi connectivity index (χ4v) is 3.92. The van der Waals surface area contributed by atoms with Crippen LogP contribution in [-0.4, -0.2) is 78.0 Å². The molecule has 0 bridgehead atoms. The maximum absolute atomic E-state index is 12.8. The van der Waals surface area contributed by atoms with Gasteiger partial charge in [-0.1, -0.05) is 0 Å². The number of aromatic hydroxyl groups is 4. The predicted octanol–water partition coefficient (Wildman–Crippen LogP) is -0.333. The van der Waals surface area contributed by atoms with Crippen molar-refractivity contribution in [1.82, 2.24) is 0 Å². The second-order valence-corrected chi connectivity index (χ2v) is 7.85. The predicted molar refractivity (Wildman–Crippen MR) is 112 cm³/mol. The van der Waals surface area contributed by atoms with Crippen molar-refractivity contribution in [3.8, 4) is 34.3 Å². The highest BCUT2D eigenvalue weighted by Crippen LogP contribution is 2.38. The molecule has 0 aliphatic carbocycles. The van der Waals surface area contributed by atoms with Crippen molar-refractivity contribution in [3.05, 3.63) is 46.1 Å². The molecular formula is C22H22O11. The summed E-state index contributed by atoms with van der Waals surface area (Å²) in [5.74, 6) is -1.96. The molecule has 0 spiro atoms. The van der Waals surface area contributed by atoms with Crippen molar-refractivity contribution in [2.75, 3.05) is 6.61 Å². The van der Waals surface area contributed by atoms with E-state index in [2.05, 4.69) is 0 Å². The molecule has 1 aliphatic rings. The first kappa shape index (κ1) is 22.8. The molecule has 0 amide bonds. The SMILES string of the molecule is O=c1cc(-c2ccc(O)c(O)c2)oc2c(C[C@@H]3O[C@H](CO)[C@@H](O)[C@H](O)[C@H]3O)c(O)cc(O)c12. The number of ether oxygens (including phenoxy) is 1. The molecule has 11 heteroatoms. The Bertz CT molecular complexity index is 1250. The molecule has 5 atom stereocenters. The Morgan fingerprint density at radius 3 is 2.15 bits per heavy atom. The molecule has 1 saturated heterocycles. The molecule has 0 saturated carbocycles. The van der Waals surface area contributed by atoms with Gasteiger partial charge in [-0.25, -0.2) is 0 Å². The minimum absolute atomic E-state index is 0.0471. The molecule has 33 heavy (non-hydrogen) atoms. The van der Waals surface area contributed by atoms with Crippen LogP contribution in [0.2, 0.25) is 0 Å². The highest BCUT2D eigenvalue weighted by molar-refractivity contribution is 5.89. The Morgan fingerprint density at radius 1 is 0.788 bits per heavy atom. The lowest BCUT2D eigenvalue weighted by Crippen LogP contribution is -2.59. The molecule has 1 fully saturated rings. The van der Waals surface area contributed by atoms with Gasteiger partial charge < -0.3 is 50.0 Å². The number of rotatable bonds is 4. The van der Waals surface area contributed by atoms with Crippen LogP contribution in [0.25, 0.3) is 22.3 Å². The highest BCUT2D eigenvalue weighted by atomic mass is 16.5. The number of phenols is 4. The normalized spacial score (nSPS) is 25.4. The van der Waals surface area contributed by atoms with Gasteiger partial charge in [0.25, 0.3) is 0 Å². The first-order valence-electron chi connectivity index (χ1n) is 9.97. The van der Waals surface area contributed by atoms with Gasteiger partial charge in [-0.15, -0.1) is 0 Å². The van der Waals surface area contributed by atoms with E-state index in [0.717, 1.165) is 18.2 Å². The van der Waals surface area contributed by atoms with Crippen molar-refractivity contribution in [2.24, 2.45) is 0 Å². The van der Waals surface area contributed by atoms with Gasteiger partial charge in [-0.3, -0.25) is 4.79 Å². The van der Waals surface area contributed by atoms with Crippen molar-refractivity contribution in [1.29, 1.82) is 0 Å². The van der Waals surface area contributed by atoms with Gasteiger partial charge >= 0.3 is 0 Å². The molecule has 8 N–H and O–H groups in total. The number of hydrogen-bond acceptors (Lipinski definition) is 11. The van der Waals surface area contributed by atoms with E-state index in [1.807, 2.05) is 0 Å². The lowest BCUT2D eigenvalue weighted by Gasteiger charge is -2.40. The maximum Gasteiger partial charge on any atom is 0.197 e. The zero-order valence-electron chi connectivity index (χ0n) is 17.0. The summed E-state index contributed by atoms with van der Waals surface area (Å²) in [4.78, 5) is 12.8. The minimum Gasteiger partial charge on any atom is -0.507 e. The number of aliphatic hydroxyl groups excluding tert-OH is 4. The lowest BCUT2D eigenvalue weighted by molar-refractivity contribution is -0.228. The summed E-state index contributed by atoms with van der Waals surface area (Å²) in [6, 6.07) is 5.69. The number of hydrogen-bond donors (Lipinski definition) is 8. The lowest BCUT2D eigenvalue weighted by atomic mass is 9.90. The van der Waals surface area contributed by atoms with E-state index in [-0.39, 0.29) is 40.0 Å². The average Bonchev–Trinajstić information content (AvgIpc) is 2.77. The van der Waals surface area contributed by atoms with E-state index in [1.165, 1.54) is 12.1 Å². The first-order chi connectivity index (χ1) is 15.6. The van der Waals surface area contributed by atoms with E-state index in [0.29, 0.717) is 0 Å². The standard InChI is InChI=1S/C22H22O11/c23-7-17-20(30)21(31)19(29)16(32-17)4-9-11(25)5-13(27)18-14(28)6-15(33-22(9)18)8-1-2-10(24)12(26)3-8/h1-3,5-6,16-17,19-21,23-27,29-31H,4,7H2/t16-,17+,19-,20+,21+/m0/s1. The second-order valence-electron chi connectivity index (χ2n) is 7.85. The Kier molecular flexibility index (Phi) is 5.91. The zero-order chi connectivity index (χ0) is 24.0. The van der Waals surface area contributed by atoms with Gasteiger partial charge in [-0.2, -0.15) is 0 Å². The third-order valence-electron chi connectivity index (χ3n) is 5.72. The number of fused-ring (bicyclic) bond motifs is 1. The summed E-state index contributed by atoms with van der Waals surface area (Å²) < 4.78 is 11.3. The Balaban J connectivity index is 1.85. The second kappa shape index (κ2) is 8.54. The molecule has 0 radical (unpaired) electrons. The van der Waals surface area contributed by atoms with Gasteiger partial charge in [0.2, 0.25) is 0 Å². The Morgan fingerprint density at radius 2 is 1.48 bits per heavy atom. The quantitative estimate of drug-likeness (QED) is 0.236. The fraction of sp³-hybridized carbons (Fsp3) is 0.318. The van der Waals surface area contributed by atoms with Crippen LogP contribution in [-0.2, 0) is 11.2 Å². The summed E-state index contributed by atoms with van der Waals surface area (Å²) in [6.07, 6.45) is -7.54. The third-order valence-corrected chi connectivity index (χ3v) is 5.72. The summed E-state index contributed by atoms with van der Waals surface area (Å²) in [5, 5.41) is 79.5. The Labute approximate surface area is 185 Å². The zero-order valence-corrected chi connectivity index (χ0v) is 17.0. The topological polar surface area (TPSA) is 201 Å². The largest absolute Gasteiger partial charge is 0.507 e. The van der Waals surface area contributed by atoms with E-state index >= 15 is 0 Å². The molecule has 1 aromatic heterocycles. The van der Waals surface area contributed by atoms with E-state index < -0.39 is 59.8 Å². The molecule has 176 valence electrons. The van der Waals surface area contributed by atoms with Crippen molar-refractivity contribution in [3.63, 3.8) is 0 Å². The maximum atomic E-state index is 12.8. The van der Waals surface area contributed by atoms with Gasteiger partial charge in [0, 0.05) is 29.7 Å².